The summed E-state index contributed by atoms with van der Waals surface area (Å²) in [6.07, 6.45) is 3.77. The van der Waals surface area contributed by atoms with Crippen LogP contribution >= 0.6 is 0 Å². The molecule has 0 radical (unpaired) electrons. The van der Waals surface area contributed by atoms with E-state index < -0.39 is 18.0 Å². The van der Waals surface area contributed by atoms with Crippen molar-refractivity contribution in [2.24, 2.45) is 10.7 Å². The van der Waals surface area contributed by atoms with Gasteiger partial charge >= 0.3 is 5.97 Å². The van der Waals surface area contributed by atoms with Crippen LogP contribution < -0.4 is 20.5 Å². The van der Waals surface area contributed by atoms with Crippen molar-refractivity contribution in [1.82, 2.24) is 10.3 Å². The third-order valence-corrected chi connectivity index (χ3v) is 3.75. The number of ether oxygens (including phenoxy) is 3. The Balaban J connectivity index is 2.34. The lowest BCUT2D eigenvalue weighted by atomic mass is 10.2. The van der Waals surface area contributed by atoms with Crippen molar-refractivity contribution in [1.29, 1.82) is 0 Å². The number of carbonyl (C=O) groups excluding carboxylic acids is 2. The van der Waals surface area contributed by atoms with Gasteiger partial charge in [0.15, 0.2) is 0 Å². The highest BCUT2D eigenvalue weighted by Crippen LogP contribution is 2.28. The molecular formula is C21H24N4O6. The molecule has 1 heterocycles. The van der Waals surface area contributed by atoms with Crippen LogP contribution in [0.2, 0.25) is 0 Å². The van der Waals surface area contributed by atoms with Gasteiger partial charge in [0.05, 0.1) is 19.3 Å². The van der Waals surface area contributed by atoms with Crippen molar-refractivity contribution >= 4 is 17.7 Å². The number of aliphatic hydroxyl groups is 1. The first-order chi connectivity index (χ1) is 14.9. The van der Waals surface area contributed by atoms with Gasteiger partial charge in [-0.25, -0.2) is 9.78 Å². The van der Waals surface area contributed by atoms with E-state index >= 15 is 0 Å². The van der Waals surface area contributed by atoms with Gasteiger partial charge in [0.1, 0.15) is 23.4 Å². The molecule has 0 fully saturated rings. The summed E-state index contributed by atoms with van der Waals surface area (Å²) in [5, 5.41) is 12.0. The Hall–Kier alpha value is -3.92. The molecule has 10 nitrogen and oxygen atoms in total. The van der Waals surface area contributed by atoms with Crippen molar-refractivity contribution in [2.45, 2.75) is 13.0 Å². The van der Waals surface area contributed by atoms with Gasteiger partial charge in [-0.15, -0.1) is 0 Å². The monoisotopic (exact) mass is 428 g/mol. The molecule has 0 saturated carbocycles. The number of hydrogen-bond acceptors (Lipinski definition) is 8. The maximum Gasteiger partial charge on any atom is 0.339 e. The molecule has 0 unspecified atom stereocenters. The Morgan fingerprint density at radius 1 is 1.26 bits per heavy atom. The largest absolute Gasteiger partial charge is 0.488 e. The zero-order valence-electron chi connectivity index (χ0n) is 17.4. The number of benzene rings is 1. The van der Waals surface area contributed by atoms with E-state index in [0.29, 0.717) is 0 Å². The van der Waals surface area contributed by atoms with Crippen LogP contribution in [0.15, 0.2) is 53.8 Å². The van der Waals surface area contributed by atoms with Crippen LogP contribution in [0.3, 0.4) is 0 Å². The molecule has 164 valence electrons. The minimum absolute atomic E-state index is 0.0110. The summed E-state index contributed by atoms with van der Waals surface area (Å²) in [4.78, 5) is 31.9. The molecule has 0 aliphatic heterocycles. The smallest absolute Gasteiger partial charge is 0.339 e. The third-order valence-electron chi connectivity index (χ3n) is 3.75. The molecule has 0 saturated heterocycles. The van der Waals surface area contributed by atoms with Crippen molar-refractivity contribution in [3.05, 3.63) is 59.9 Å². The number of amidine groups is 1. The van der Waals surface area contributed by atoms with E-state index in [1.807, 2.05) is 0 Å². The summed E-state index contributed by atoms with van der Waals surface area (Å²) in [7, 11) is 2.96. The number of carbonyl (C=O) groups is 2. The highest BCUT2D eigenvalue weighted by molar-refractivity contribution is 6.06. The Kier molecular flexibility index (Phi) is 8.52. The van der Waals surface area contributed by atoms with Gasteiger partial charge in [-0.3, -0.25) is 4.79 Å². The fourth-order valence-corrected chi connectivity index (χ4v) is 2.28. The predicted octanol–water partition coefficient (Wildman–Crippen LogP) is 1.65. The second-order valence-corrected chi connectivity index (χ2v) is 6.25. The van der Waals surface area contributed by atoms with E-state index in [1.54, 1.807) is 14.0 Å². The van der Waals surface area contributed by atoms with Crippen LogP contribution in [0.1, 0.15) is 27.6 Å². The molecule has 1 aromatic heterocycles. The molecule has 1 atom stereocenters. The minimum atomic E-state index is -0.612. The van der Waals surface area contributed by atoms with Gasteiger partial charge in [-0.05, 0) is 37.4 Å². The summed E-state index contributed by atoms with van der Waals surface area (Å²) < 4.78 is 15.9. The van der Waals surface area contributed by atoms with Crippen LogP contribution in [0, 0.1) is 0 Å². The molecule has 0 aliphatic rings. The molecule has 2 rings (SSSR count). The average Bonchev–Trinajstić information content (AvgIpc) is 2.77. The van der Waals surface area contributed by atoms with Crippen LogP contribution in [0.4, 0.5) is 0 Å². The Morgan fingerprint density at radius 3 is 2.61 bits per heavy atom. The Labute approximate surface area is 179 Å². The number of hydrogen-bond donors (Lipinski definition) is 3. The van der Waals surface area contributed by atoms with Gasteiger partial charge in [-0.2, -0.15) is 4.99 Å². The number of amides is 1. The SMILES string of the molecule is CN/C=C\C(N)=NC(=O)c1cc(Oc2ccc(C(=O)OC)cn2)cc(O[C@@H](C)CO)c1. The second kappa shape index (κ2) is 11.3. The number of esters is 1. The lowest BCUT2D eigenvalue weighted by Gasteiger charge is -2.14. The van der Waals surface area contributed by atoms with E-state index in [9.17, 15) is 14.7 Å². The maximum atomic E-state index is 12.5. The number of nitrogens with two attached hydrogens (primary N) is 1. The molecule has 31 heavy (non-hydrogen) atoms. The summed E-state index contributed by atoms with van der Waals surface area (Å²) in [5.41, 5.74) is 6.13. The number of nitrogens with one attached hydrogen (secondary N) is 1. The van der Waals surface area contributed by atoms with Crippen LogP contribution in [0.5, 0.6) is 17.4 Å². The van der Waals surface area contributed by atoms with Crippen molar-refractivity contribution in [3.8, 4) is 17.4 Å². The highest BCUT2D eigenvalue weighted by Gasteiger charge is 2.13. The number of rotatable bonds is 9. The Bertz CT molecular complexity index is 972. The summed E-state index contributed by atoms with van der Waals surface area (Å²) >= 11 is 0. The van der Waals surface area contributed by atoms with E-state index in [2.05, 4.69) is 20.0 Å². The van der Waals surface area contributed by atoms with Gasteiger partial charge in [-0.1, -0.05) is 0 Å². The van der Waals surface area contributed by atoms with Crippen LogP contribution in [-0.2, 0) is 4.74 Å². The first-order valence-electron chi connectivity index (χ1n) is 9.23. The number of pyridine rings is 1. The van der Waals surface area contributed by atoms with Gasteiger partial charge in [0, 0.05) is 30.9 Å². The molecule has 10 heteroatoms. The molecule has 0 aliphatic carbocycles. The number of nitrogens with zero attached hydrogens (tertiary/aromatic N) is 2. The fourth-order valence-electron chi connectivity index (χ4n) is 2.28. The van der Waals surface area contributed by atoms with E-state index in [1.165, 1.54) is 55.9 Å². The van der Waals surface area contributed by atoms with Gasteiger partial charge in [0.25, 0.3) is 5.91 Å². The molecule has 0 bridgehead atoms. The number of aliphatic hydroxyl groups excluding tert-OH is 1. The fraction of sp³-hybridized carbons (Fsp3) is 0.238. The number of aromatic nitrogens is 1. The van der Waals surface area contributed by atoms with Crippen molar-refractivity contribution in [3.63, 3.8) is 0 Å². The lowest BCUT2D eigenvalue weighted by Crippen LogP contribution is -2.16. The predicted molar refractivity (Wildman–Crippen MR) is 113 cm³/mol. The molecule has 1 aromatic carbocycles. The number of methoxy groups -OCH3 is 1. The molecule has 0 spiro atoms. The van der Waals surface area contributed by atoms with Gasteiger partial charge < -0.3 is 30.4 Å². The standard InChI is InChI=1S/C21H24N4O6/c1-13(12-26)30-16-8-15(20(27)25-18(22)6-7-23-2)9-17(10-16)31-19-5-4-14(11-24-19)21(28)29-3/h4-11,13,23,26H,12H2,1-3H3,(H2,22,25,27)/b7-6-/t13-/m0/s1. The zero-order valence-corrected chi connectivity index (χ0v) is 17.4. The minimum Gasteiger partial charge on any atom is -0.488 e. The molecular weight excluding hydrogens is 404 g/mol. The lowest BCUT2D eigenvalue weighted by molar-refractivity contribution is 0.0600. The first kappa shape index (κ1) is 23.4. The quantitative estimate of drug-likeness (QED) is 0.308. The van der Waals surface area contributed by atoms with E-state index in [-0.39, 0.29) is 40.9 Å². The zero-order chi connectivity index (χ0) is 22.8. The molecule has 2 aromatic rings. The van der Waals surface area contributed by atoms with E-state index in [4.69, 9.17) is 15.2 Å². The maximum absolute atomic E-state index is 12.5. The van der Waals surface area contributed by atoms with Crippen LogP contribution in [0.25, 0.3) is 0 Å². The topological polar surface area (TPSA) is 145 Å². The van der Waals surface area contributed by atoms with Crippen LogP contribution in [-0.4, -0.2) is 54.7 Å². The normalized spacial score (nSPS) is 12.3. The van der Waals surface area contributed by atoms with Crippen molar-refractivity contribution < 1.29 is 28.9 Å². The third kappa shape index (κ3) is 7.12. The Morgan fingerprint density at radius 2 is 2.00 bits per heavy atom. The summed E-state index contributed by atoms with van der Waals surface area (Å²) in [6, 6.07) is 7.43. The van der Waals surface area contributed by atoms with E-state index in [0.717, 1.165) is 0 Å². The highest BCUT2D eigenvalue weighted by atomic mass is 16.5. The second-order valence-electron chi connectivity index (χ2n) is 6.25. The molecule has 1 amide bonds. The summed E-state index contributed by atoms with van der Waals surface area (Å²) in [5.74, 6) is -0.422. The molecule has 4 N–H and O–H groups in total. The van der Waals surface area contributed by atoms with Crippen molar-refractivity contribution in [2.75, 3.05) is 20.8 Å². The summed E-state index contributed by atoms with van der Waals surface area (Å²) in [6.45, 7) is 1.45. The average molecular weight is 428 g/mol. The number of aliphatic imine (C=N–C) groups is 1. The van der Waals surface area contributed by atoms with Gasteiger partial charge in [0.2, 0.25) is 5.88 Å². The first-order valence-corrected chi connectivity index (χ1v) is 9.23.